The van der Waals surface area contributed by atoms with Crippen molar-refractivity contribution in [3.8, 4) is 5.75 Å². The van der Waals surface area contributed by atoms with Crippen molar-refractivity contribution < 1.29 is 13.9 Å². The van der Waals surface area contributed by atoms with Gasteiger partial charge in [0.15, 0.2) is 15.6 Å². The Morgan fingerprint density at radius 3 is 2.89 bits per heavy atom. The molecule has 1 amide bonds. The third-order valence-electron chi connectivity index (χ3n) is 3.91. The summed E-state index contributed by atoms with van der Waals surface area (Å²) in [4.78, 5) is 23.5. The molecule has 27 heavy (non-hydrogen) atoms. The number of nitrogens with zero attached hydrogens (tertiary/aromatic N) is 3. The SMILES string of the molecule is COc1ccc2nc(N(Cc3cccnc3)C(=O)c3ccc(Br)o3)sc2c1. The van der Waals surface area contributed by atoms with Crippen LogP contribution < -0.4 is 9.64 Å². The third kappa shape index (κ3) is 3.72. The number of rotatable bonds is 5. The summed E-state index contributed by atoms with van der Waals surface area (Å²) in [6, 6.07) is 12.7. The maximum Gasteiger partial charge on any atom is 0.296 e. The van der Waals surface area contributed by atoms with Crippen LogP contribution in [0.5, 0.6) is 5.75 Å². The molecule has 0 N–H and O–H groups in total. The average molecular weight is 444 g/mol. The molecule has 1 aromatic carbocycles. The van der Waals surface area contributed by atoms with Gasteiger partial charge in [0.1, 0.15) is 5.75 Å². The summed E-state index contributed by atoms with van der Waals surface area (Å²) in [6.07, 6.45) is 3.43. The first kappa shape index (κ1) is 17.7. The Balaban J connectivity index is 1.75. The number of halogens is 1. The number of anilines is 1. The first-order chi connectivity index (χ1) is 13.1. The molecule has 0 unspecified atom stereocenters. The van der Waals surface area contributed by atoms with Gasteiger partial charge < -0.3 is 9.15 Å². The van der Waals surface area contributed by atoms with E-state index in [2.05, 4.69) is 25.9 Å². The number of benzene rings is 1. The maximum absolute atomic E-state index is 13.1. The maximum atomic E-state index is 13.1. The Morgan fingerprint density at radius 2 is 2.19 bits per heavy atom. The highest BCUT2D eigenvalue weighted by molar-refractivity contribution is 9.10. The summed E-state index contributed by atoms with van der Waals surface area (Å²) in [6.45, 7) is 0.335. The number of thiazole rings is 1. The van der Waals surface area contributed by atoms with E-state index in [4.69, 9.17) is 9.15 Å². The molecule has 6 nitrogen and oxygen atoms in total. The minimum absolute atomic E-state index is 0.239. The van der Waals surface area contributed by atoms with Crippen molar-refractivity contribution in [2.75, 3.05) is 12.0 Å². The molecule has 0 aliphatic heterocycles. The van der Waals surface area contributed by atoms with E-state index >= 15 is 0 Å². The van der Waals surface area contributed by atoms with Gasteiger partial charge in [-0.3, -0.25) is 14.7 Å². The smallest absolute Gasteiger partial charge is 0.296 e. The molecule has 0 aliphatic carbocycles. The topological polar surface area (TPSA) is 68.5 Å². The normalized spacial score (nSPS) is 10.9. The lowest BCUT2D eigenvalue weighted by Gasteiger charge is -2.18. The van der Waals surface area contributed by atoms with Crippen molar-refractivity contribution in [3.63, 3.8) is 0 Å². The van der Waals surface area contributed by atoms with Crippen LogP contribution in [0.1, 0.15) is 16.1 Å². The summed E-state index contributed by atoms with van der Waals surface area (Å²) >= 11 is 4.67. The molecule has 0 radical (unpaired) electrons. The molecule has 3 aromatic heterocycles. The van der Waals surface area contributed by atoms with Crippen LogP contribution in [0.3, 0.4) is 0 Å². The van der Waals surface area contributed by atoms with Gasteiger partial charge in [-0.2, -0.15) is 0 Å². The van der Waals surface area contributed by atoms with Crippen LogP contribution in [-0.4, -0.2) is 23.0 Å². The standard InChI is InChI=1S/C19H14BrN3O3S/c1-25-13-4-5-14-16(9-13)27-19(22-14)23(11-12-3-2-8-21-10-12)18(24)15-6-7-17(20)26-15/h2-10H,11H2,1H3. The Labute approximate surface area is 167 Å². The summed E-state index contributed by atoms with van der Waals surface area (Å²) in [7, 11) is 1.62. The Hall–Kier alpha value is -2.71. The Bertz CT molecular complexity index is 1090. The number of hydrogen-bond donors (Lipinski definition) is 0. The minimum atomic E-state index is -0.268. The van der Waals surface area contributed by atoms with E-state index in [0.29, 0.717) is 16.3 Å². The minimum Gasteiger partial charge on any atom is -0.497 e. The van der Waals surface area contributed by atoms with Gasteiger partial charge in [-0.1, -0.05) is 17.4 Å². The molecule has 4 aromatic rings. The lowest BCUT2D eigenvalue weighted by Crippen LogP contribution is -2.30. The lowest BCUT2D eigenvalue weighted by molar-refractivity contribution is 0.0957. The molecule has 0 spiro atoms. The van der Waals surface area contributed by atoms with Crippen LogP contribution in [0.2, 0.25) is 0 Å². The molecule has 0 atom stereocenters. The largest absolute Gasteiger partial charge is 0.497 e. The van der Waals surface area contributed by atoms with E-state index in [1.807, 2.05) is 30.3 Å². The second-order valence-corrected chi connectivity index (χ2v) is 7.48. The molecule has 0 saturated heterocycles. The zero-order valence-electron chi connectivity index (χ0n) is 14.3. The number of methoxy groups -OCH3 is 1. The summed E-state index contributed by atoms with van der Waals surface area (Å²) in [5.74, 6) is 0.718. The van der Waals surface area contributed by atoms with E-state index in [9.17, 15) is 4.79 Å². The van der Waals surface area contributed by atoms with Crippen molar-refractivity contribution in [2.45, 2.75) is 6.54 Å². The number of pyridine rings is 1. The number of aromatic nitrogens is 2. The van der Waals surface area contributed by atoms with Crippen LogP contribution in [0.15, 0.2) is 63.9 Å². The van der Waals surface area contributed by atoms with E-state index in [-0.39, 0.29) is 11.7 Å². The monoisotopic (exact) mass is 443 g/mol. The van der Waals surface area contributed by atoms with Gasteiger partial charge in [0.05, 0.1) is 23.9 Å². The number of hydrogen-bond acceptors (Lipinski definition) is 6. The van der Waals surface area contributed by atoms with Gasteiger partial charge >= 0.3 is 0 Å². The van der Waals surface area contributed by atoms with Crippen LogP contribution in [0.25, 0.3) is 10.2 Å². The van der Waals surface area contributed by atoms with Crippen LogP contribution in [0, 0.1) is 0 Å². The lowest BCUT2D eigenvalue weighted by atomic mass is 10.2. The molecule has 0 bridgehead atoms. The van der Waals surface area contributed by atoms with E-state index in [0.717, 1.165) is 21.5 Å². The zero-order valence-corrected chi connectivity index (χ0v) is 16.7. The van der Waals surface area contributed by atoms with Gasteiger partial charge in [-0.15, -0.1) is 0 Å². The van der Waals surface area contributed by atoms with Crippen LogP contribution >= 0.6 is 27.3 Å². The highest BCUT2D eigenvalue weighted by Crippen LogP contribution is 2.33. The first-order valence-electron chi connectivity index (χ1n) is 8.05. The highest BCUT2D eigenvalue weighted by atomic mass is 79.9. The number of ether oxygens (including phenoxy) is 1. The second-order valence-electron chi connectivity index (χ2n) is 5.69. The third-order valence-corrected chi connectivity index (χ3v) is 5.38. The fourth-order valence-corrected chi connectivity index (χ4v) is 3.90. The molecule has 0 saturated carbocycles. The molecular formula is C19H14BrN3O3S. The summed E-state index contributed by atoms with van der Waals surface area (Å²) in [5.41, 5.74) is 1.70. The van der Waals surface area contributed by atoms with Gasteiger partial charge in [-0.25, -0.2) is 4.98 Å². The Kier molecular flexibility index (Phi) is 4.91. The highest BCUT2D eigenvalue weighted by Gasteiger charge is 2.24. The molecule has 0 aliphatic rings. The predicted octanol–water partition coefficient (Wildman–Crippen LogP) is 4.90. The van der Waals surface area contributed by atoms with Crippen LogP contribution in [0.4, 0.5) is 5.13 Å². The van der Waals surface area contributed by atoms with Gasteiger partial charge in [0.25, 0.3) is 5.91 Å². The quantitative estimate of drug-likeness (QED) is 0.438. The fraction of sp³-hybridized carbons (Fsp3) is 0.105. The van der Waals surface area contributed by atoms with Crippen molar-refractivity contribution in [2.24, 2.45) is 0 Å². The number of carbonyl (C=O) groups is 1. The number of amides is 1. The number of carbonyl (C=O) groups excluding carboxylic acids is 1. The van der Waals surface area contributed by atoms with Crippen LogP contribution in [-0.2, 0) is 6.54 Å². The van der Waals surface area contributed by atoms with E-state index in [1.54, 1.807) is 36.5 Å². The van der Waals surface area contributed by atoms with Gasteiger partial charge in [0, 0.05) is 12.4 Å². The molecule has 3 heterocycles. The first-order valence-corrected chi connectivity index (χ1v) is 9.65. The summed E-state index contributed by atoms with van der Waals surface area (Å²) < 4.78 is 12.2. The molecule has 8 heteroatoms. The van der Waals surface area contributed by atoms with Crippen molar-refractivity contribution in [3.05, 3.63) is 70.9 Å². The van der Waals surface area contributed by atoms with Gasteiger partial charge in [0.2, 0.25) is 0 Å². The number of furan rings is 1. The Morgan fingerprint density at radius 1 is 1.30 bits per heavy atom. The van der Waals surface area contributed by atoms with E-state index < -0.39 is 0 Å². The average Bonchev–Trinajstić information content (AvgIpc) is 3.31. The summed E-state index contributed by atoms with van der Waals surface area (Å²) in [5, 5.41) is 0.583. The molecular weight excluding hydrogens is 430 g/mol. The number of fused-ring (bicyclic) bond motifs is 1. The fourth-order valence-electron chi connectivity index (χ4n) is 2.60. The molecule has 0 fully saturated rings. The zero-order chi connectivity index (χ0) is 18.8. The molecule has 136 valence electrons. The van der Waals surface area contributed by atoms with E-state index in [1.165, 1.54) is 11.3 Å². The van der Waals surface area contributed by atoms with Crippen molar-refractivity contribution >= 4 is 48.5 Å². The van der Waals surface area contributed by atoms with Crippen molar-refractivity contribution in [1.82, 2.24) is 9.97 Å². The van der Waals surface area contributed by atoms with Crippen molar-refractivity contribution in [1.29, 1.82) is 0 Å². The second kappa shape index (κ2) is 7.50. The predicted molar refractivity (Wildman–Crippen MR) is 107 cm³/mol. The van der Waals surface area contributed by atoms with Gasteiger partial charge in [-0.05, 0) is 57.9 Å². The molecule has 4 rings (SSSR count).